The van der Waals surface area contributed by atoms with E-state index in [-0.39, 0.29) is 43.2 Å². The van der Waals surface area contributed by atoms with Crippen molar-refractivity contribution in [3.8, 4) is 0 Å². The molecule has 0 radical (unpaired) electrons. The number of nitrogens with one attached hydrogen (secondary N) is 1. The number of Topliss-reactive ketones (excluding diaryl/α,β-unsaturated/α-hetero) is 2. The molecule has 0 saturated carbocycles. The molecule has 1 atom stereocenters. The second kappa shape index (κ2) is 12.1. The van der Waals surface area contributed by atoms with Crippen molar-refractivity contribution in [2.24, 2.45) is 5.92 Å². The molecule has 3 rings (SSSR count). The molecule has 32 heavy (non-hydrogen) atoms. The standard InChI is InChI=1S/C26H34N2O3S/c1-19-4-3-15-28(17-19)18-22-8-6-21(7-9-22)16-27-26(31)14-11-23(29)10-12-24(30)25-13-5-20(2)32-25/h5-9,13,19H,3-4,10-12,14-18H2,1-2H3,(H,27,31). The zero-order valence-corrected chi connectivity index (χ0v) is 20.0. The number of carbonyl (C=O) groups is 3. The third-order valence-electron chi connectivity index (χ3n) is 5.94. The molecular formula is C26H34N2O3S. The molecule has 1 amide bonds. The Kier molecular flexibility index (Phi) is 9.18. The molecule has 1 aromatic carbocycles. The number of amides is 1. The molecule has 6 heteroatoms. The maximum atomic E-state index is 12.1. The van der Waals surface area contributed by atoms with Gasteiger partial charge in [-0.1, -0.05) is 31.2 Å². The summed E-state index contributed by atoms with van der Waals surface area (Å²) >= 11 is 1.45. The van der Waals surface area contributed by atoms with Gasteiger partial charge in [0, 0.05) is 50.2 Å². The van der Waals surface area contributed by atoms with Crippen LogP contribution in [0.5, 0.6) is 0 Å². The van der Waals surface area contributed by atoms with Gasteiger partial charge in [0.1, 0.15) is 5.78 Å². The van der Waals surface area contributed by atoms with E-state index < -0.39 is 0 Å². The monoisotopic (exact) mass is 454 g/mol. The fourth-order valence-corrected chi connectivity index (χ4v) is 4.91. The normalized spacial score (nSPS) is 16.6. The molecule has 1 N–H and O–H groups in total. The molecule has 0 spiro atoms. The van der Waals surface area contributed by atoms with Gasteiger partial charge in [-0.15, -0.1) is 11.3 Å². The van der Waals surface area contributed by atoms with Gasteiger partial charge in [-0.05, 0) is 55.5 Å². The number of nitrogens with zero attached hydrogens (tertiary/aromatic N) is 1. The summed E-state index contributed by atoms with van der Waals surface area (Å²) in [6.45, 7) is 8.05. The average molecular weight is 455 g/mol. The number of rotatable bonds is 11. The minimum atomic E-state index is -0.134. The van der Waals surface area contributed by atoms with Crippen LogP contribution in [0.1, 0.15) is 71.1 Å². The predicted octanol–water partition coefficient (Wildman–Crippen LogP) is 4.92. The number of ketones is 2. The number of piperidine rings is 1. The maximum Gasteiger partial charge on any atom is 0.220 e. The first-order valence-electron chi connectivity index (χ1n) is 11.6. The van der Waals surface area contributed by atoms with Crippen LogP contribution >= 0.6 is 11.3 Å². The Balaban J connectivity index is 1.32. The molecule has 2 heterocycles. The third-order valence-corrected chi connectivity index (χ3v) is 6.98. The van der Waals surface area contributed by atoms with Gasteiger partial charge < -0.3 is 5.32 Å². The fraction of sp³-hybridized carbons (Fsp3) is 0.500. The quantitative estimate of drug-likeness (QED) is 0.490. The fourth-order valence-electron chi connectivity index (χ4n) is 4.08. The number of hydrogen-bond donors (Lipinski definition) is 1. The van der Waals surface area contributed by atoms with Crippen LogP contribution in [0.4, 0.5) is 0 Å². The van der Waals surface area contributed by atoms with Crippen LogP contribution in [-0.2, 0) is 22.7 Å². The molecule has 1 aliphatic heterocycles. The lowest BCUT2D eigenvalue weighted by Crippen LogP contribution is -2.33. The van der Waals surface area contributed by atoms with Crippen LogP contribution in [0.25, 0.3) is 0 Å². The molecule has 1 saturated heterocycles. The van der Waals surface area contributed by atoms with Crippen molar-refractivity contribution < 1.29 is 14.4 Å². The Morgan fingerprint density at radius 3 is 2.41 bits per heavy atom. The zero-order valence-electron chi connectivity index (χ0n) is 19.2. The van der Waals surface area contributed by atoms with Crippen LogP contribution < -0.4 is 5.32 Å². The highest BCUT2D eigenvalue weighted by molar-refractivity contribution is 7.14. The summed E-state index contributed by atoms with van der Waals surface area (Å²) in [5.74, 6) is 0.595. The molecule has 172 valence electrons. The van der Waals surface area contributed by atoms with Crippen molar-refractivity contribution >= 4 is 28.8 Å². The van der Waals surface area contributed by atoms with E-state index >= 15 is 0 Å². The molecule has 1 unspecified atom stereocenters. The molecule has 1 aromatic heterocycles. The number of carbonyl (C=O) groups excluding carboxylic acids is 3. The molecule has 5 nitrogen and oxygen atoms in total. The Morgan fingerprint density at radius 1 is 1.00 bits per heavy atom. The van der Waals surface area contributed by atoms with E-state index in [0.717, 1.165) is 22.9 Å². The molecule has 0 bridgehead atoms. The average Bonchev–Trinajstić information content (AvgIpc) is 3.22. The first kappa shape index (κ1) is 24.3. The van der Waals surface area contributed by atoms with Crippen LogP contribution in [0.3, 0.4) is 0 Å². The number of aryl methyl sites for hydroxylation is 1. The lowest BCUT2D eigenvalue weighted by molar-refractivity contribution is -0.125. The van der Waals surface area contributed by atoms with Gasteiger partial charge in [0.15, 0.2) is 5.78 Å². The molecular weight excluding hydrogens is 420 g/mol. The lowest BCUT2D eigenvalue weighted by Gasteiger charge is -2.30. The van der Waals surface area contributed by atoms with Gasteiger partial charge in [-0.2, -0.15) is 0 Å². The largest absolute Gasteiger partial charge is 0.352 e. The van der Waals surface area contributed by atoms with E-state index in [4.69, 9.17) is 0 Å². The van der Waals surface area contributed by atoms with E-state index in [9.17, 15) is 14.4 Å². The number of benzene rings is 1. The molecule has 1 aliphatic rings. The molecule has 1 fully saturated rings. The number of likely N-dealkylation sites (tertiary alicyclic amines) is 1. The van der Waals surface area contributed by atoms with Crippen LogP contribution in [0, 0.1) is 12.8 Å². The van der Waals surface area contributed by atoms with E-state index in [2.05, 4.69) is 41.4 Å². The van der Waals surface area contributed by atoms with Crippen LogP contribution in [0.15, 0.2) is 36.4 Å². The molecule has 0 aliphatic carbocycles. The summed E-state index contributed by atoms with van der Waals surface area (Å²) in [5, 5.41) is 2.89. The van der Waals surface area contributed by atoms with Gasteiger partial charge >= 0.3 is 0 Å². The number of thiophene rings is 1. The molecule has 2 aromatic rings. The second-order valence-corrected chi connectivity index (χ2v) is 10.2. The van der Waals surface area contributed by atoms with Crippen LogP contribution in [0.2, 0.25) is 0 Å². The summed E-state index contributed by atoms with van der Waals surface area (Å²) < 4.78 is 0. The highest BCUT2D eigenvalue weighted by Crippen LogP contribution is 2.19. The predicted molar refractivity (Wildman–Crippen MR) is 129 cm³/mol. The van der Waals surface area contributed by atoms with Crippen molar-refractivity contribution in [1.29, 1.82) is 0 Å². The SMILES string of the molecule is Cc1ccc(C(=O)CCC(=O)CCC(=O)NCc2ccc(CN3CCCC(C)C3)cc2)s1. The highest BCUT2D eigenvalue weighted by atomic mass is 32.1. The summed E-state index contributed by atoms with van der Waals surface area (Å²) in [6.07, 6.45) is 3.35. The van der Waals surface area contributed by atoms with Gasteiger partial charge in [0.25, 0.3) is 0 Å². The third kappa shape index (κ3) is 7.99. The van der Waals surface area contributed by atoms with E-state index in [0.29, 0.717) is 11.4 Å². The Morgan fingerprint density at radius 2 is 1.72 bits per heavy atom. The van der Waals surface area contributed by atoms with Crippen molar-refractivity contribution in [2.45, 2.75) is 65.5 Å². The Hall–Kier alpha value is -2.31. The van der Waals surface area contributed by atoms with E-state index in [1.807, 2.05) is 13.0 Å². The summed E-state index contributed by atoms with van der Waals surface area (Å²) in [6, 6.07) is 12.1. The van der Waals surface area contributed by atoms with Gasteiger partial charge in [0.2, 0.25) is 5.91 Å². The van der Waals surface area contributed by atoms with Crippen molar-refractivity contribution in [3.05, 3.63) is 57.3 Å². The number of hydrogen-bond acceptors (Lipinski definition) is 5. The first-order valence-corrected chi connectivity index (χ1v) is 12.4. The summed E-state index contributed by atoms with van der Waals surface area (Å²) in [5.41, 5.74) is 2.35. The summed E-state index contributed by atoms with van der Waals surface area (Å²) in [4.78, 5) is 40.5. The van der Waals surface area contributed by atoms with Crippen LogP contribution in [-0.4, -0.2) is 35.5 Å². The maximum absolute atomic E-state index is 12.1. The minimum Gasteiger partial charge on any atom is -0.352 e. The summed E-state index contributed by atoms with van der Waals surface area (Å²) in [7, 11) is 0. The van der Waals surface area contributed by atoms with Gasteiger partial charge in [-0.3, -0.25) is 19.3 Å². The van der Waals surface area contributed by atoms with Gasteiger partial charge in [-0.25, -0.2) is 0 Å². The smallest absolute Gasteiger partial charge is 0.220 e. The van der Waals surface area contributed by atoms with E-state index in [1.165, 1.54) is 42.8 Å². The topological polar surface area (TPSA) is 66.5 Å². The first-order chi connectivity index (χ1) is 15.4. The minimum absolute atomic E-state index is 0.000790. The van der Waals surface area contributed by atoms with Crippen molar-refractivity contribution in [3.63, 3.8) is 0 Å². The van der Waals surface area contributed by atoms with Gasteiger partial charge in [0.05, 0.1) is 4.88 Å². The second-order valence-electron chi connectivity index (χ2n) is 8.95. The zero-order chi connectivity index (χ0) is 22.9. The lowest BCUT2D eigenvalue weighted by atomic mass is 9.99. The Bertz CT molecular complexity index is 919. The van der Waals surface area contributed by atoms with Crippen molar-refractivity contribution in [2.75, 3.05) is 13.1 Å². The Labute approximate surface area is 195 Å². The highest BCUT2D eigenvalue weighted by Gasteiger charge is 2.16. The van der Waals surface area contributed by atoms with E-state index in [1.54, 1.807) is 6.07 Å². The van der Waals surface area contributed by atoms with Crippen molar-refractivity contribution in [1.82, 2.24) is 10.2 Å².